The third-order valence-electron chi connectivity index (χ3n) is 1.33. The van der Waals surface area contributed by atoms with E-state index in [-0.39, 0.29) is 5.92 Å². The van der Waals surface area contributed by atoms with Gasteiger partial charge in [-0.2, -0.15) is 0 Å². The first-order chi connectivity index (χ1) is 7.22. The molecule has 0 aliphatic carbocycles. The molecule has 6 heteroatoms. The number of carboxylic acids is 2. The number of carbonyl (C=O) groups is 2. The quantitative estimate of drug-likeness (QED) is 0.243. The zero-order chi connectivity index (χ0) is 13.3. The van der Waals surface area contributed by atoms with E-state index in [1.54, 1.807) is 20.8 Å². The van der Waals surface area contributed by atoms with Crippen LogP contribution in [0.25, 0.3) is 0 Å². The van der Waals surface area contributed by atoms with Gasteiger partial charge in [0.2, 0.25) is 0 Å². The number of rotatable bonds is 4. The van der Waals surface area contributed by atoms with Gasteiger partial charge in [0.05, 0.1) is 0 Å². The molecule has 0 heterocycles. The molecule has 0 radical (unpaired) electrons. The van der Waals surface area contributed by atoms with Crippen molar-refractivity contribution in [3.8, 4) is 0 Å². The average molecular weight is 234 g/mol. The standard InChI is InChI=1S/C7H10O4.C3H8O2/c1-4(2)3-5(6(8)9)7(10)11;1-2-3(4)5/h3-4H,1-2H3,(H,8,9)(H,10,11);3-5H,2H2,1H3. The summed E-state index contributed by atoms with van der Waals surface area (Å²) in [7, 11) is 0. The van der Waals surface area contributed by atoms with Gasteiger partial charge in [-0.1, -0.05) is 26.8 Å². The molecule has 16 heavy (non-hydrogen) atoms. The molecule has 0 unspecified atom stereocenters. The van der Waals surface area contributed by atoms with Crippen LogP contribution in [-0.4, -0.2) is 38.7 Å². The summed E-state index contributed by atoms with van der Waals surface area (Å²) in [4.78, 5) is 20.5. The summed E-state index contributed by atoms with van der Waals surface area (Å²) in [6, 6.07) is 0. The second-order valence-corrected chi connectivity index (χ2v) is 3.32. The van der Waals surface area contributed by atoms with Crippen LogP contribution in [0.1, 0.15) is 27.2 Å². The molecule has 0 aliphatic rings. The van der Waals surface area contributed by atoms with Crippen molar-refractivity contribution in [3.63, 3.8) is 0 Å². The number of carboxylic acid groups (broad SMARTS) is 2. The first kappa shape index (κ1) is 17.0. The summed E-state index contributed by atoms with van der Waals surface area (Å²) in [5.74, 6) is -2.87. The fourth-order valence-corrected chi connectivity index (χ4v) is 0.567. The number of hydrogen-bond donors (Lipinski definition) is 4. The third-order valence-corrected chi connectivity index (χ3v) is 1.33. The molecule has 0 saturated carbocycles. The Bertz CT molecular complexity index is 238. The van der Waals surface area contributed by atoms with Gasteiger partial charge < -0.3 is 20.4 Å². The van der Waals surface area contributed by atoms with Crippen LogP contribution in [0.3, 0.4) is 0 Å². The summed E-state index contributed by atoms with van der Waals surface area (Å²) in [5, 5.41) is 32.5. The lowest BCUT2D eigenvalue weighted by atomic mass is 10.1. The fourth-order valence-electron chi connectivity index (χ4n) is 0.567. The third kappa shape index (κ3) is 10.7. The summed E-state index contributed by atoms with van der Waals surface area (Å²) < 4.78 is 0. The lowest BCUT2D eigenvalue weighted by molar-refractivity contribution is -0.140. The summed E-state index contributed by atoms with van der Waals surface area (Å²) in [6.45, 7) is 5.13. The van der Waals surface area contributed by atoms with E-state index in [9.17, 15) is 9.59 Å². The topological polar surface area (TPSA) is 115 Å². The zero-order valence-electron chi connectivity index (χ0n) is 9.54. The van der Waals surface area contributed by atoms with Crippen molar-refractivity contribution in [1.29, 1.82) is 0 Å². The minimum atomic E-state index is -1.40. The lowest BCUT2D eigenvalue weighted by Gasteiger charge is -1.97. The van der Waals surface area contributed by atoms with Crippen LogP contribution >= 0.6 is 0 Å². The zero-order valence-corrected chi connectivity index (χ0v) is 9.54. The van der Waals surface area contributed by atoms with Gasteiger partial charge in [0, 0.05) is 0 Å². The maximum Gasteiger partial charge on any atom is 0.342 e. The first-order valence-corrected chi connectivity index (χ1v) is 4.76. The Balaban J connectivity index is 0. The predicted molar refractivity (Wildman–Crippen MR) is 56.7 cm³/mol. The van der Waals surface area contributed by atoms with Gasteiger partial charge in [0.15, 0.2) is 6.29 Å². The van der Waals surface area contributed by atoms with Crippen LogP contribution in [0.15, 0.2) is 11.6 Å². The Morgan fingerprint density at radius 1 is 1.12 bits per heavy atom. The van der Waals surface area contributed by atoms with Crippen molar-refractivity contribution in [2.45, 2.75) is 33.5 Å². The first-order valence-electron chi connectivity index (χ1n) is 4.76. The molecule has 0 aromatic carbocycles. The van der Waals surface area contributed by atoms with Gasteiger partial charge in [-0.25, -0.2) is 9.59 Å². The van der Waals surface area contributed by atoms with Crippen molar-refractivity contribution in [2.75, 3.05) is 0 Å². The molecule has 0 aromatic heterocycles. The highest BCUT2D eigenvalue weighted by Crippen LogP contribution is 2.02. The van der Waals surface area contributed by atoms with Gasteiger partial charge >= 0.3 is 11.9 Å². The maximum atomic E-state index is 10.2. The van der Waals surface area contributed by atoms with Gasteiger partial charge in [0.1, 0.15) is 5.57 Å². The number of aliphatic carboxylic acids is 2. The molecule has 0 rings (SSSR count). The van der Waals surface area contributed by atoms with E-state index in [2.05, 4.69) is 0 Å². The molecule has 0 aromatic rings. The monoisotopic (exact) mass is 234 g/mol. The second kappa shape index (κ2) is 8.87. The van der Waals surface area contributed by atoms with Crippen molar-refractivity contribution in [1.82, 2.24) is 0 Å². The lowest BCUT2D eigenvalue weighted by Crippen LogP contribution is -2.12. The molecule has 0 bridgehead atoms. The molecule has 94 valence electrons. The molecule has 4 N–H and O–H groups in total. The molecule has 0 atom stereocenters. The highest BCUT2D eigenvalue weighted by Gasteiger charge is 2.15. The van der Waals surface area contributed by atoms with E-state index in [1.165, 1.54) is 6.08 Å². The van der Waals surface area contributed by atoms with Crippen LogP contribution in [0.4, 0.5) is 0 Å². The van der Waals surface area contributed by atoms with E-state index in [4.69, 9.17) is 20.4 Å². The van der Waals surface area contributed by atoms with Crippen LogP contribution in [-0.2, 0) is 9.59 Å². The van der Waals surface area contributed by atoms with Crippen molar-refractivity contribution in [3.05, 3.63) is 11.6 Å². The van der Waals surface area contributed by atoms with E-state index in [1.807, 2.05) is 0 Å². The molecule has 6 nitrogen and oxygen atoms in total. The second-order valence-electron chi connectivity index (χ2n) is 3.32. The molecular formula is C10H18O6. The molecule has 0 amide bonds. The Kier molecular flexibility index (Phi) is 9.43. The van der Waals surface area contributed by atoms with Crippen LogP contribution < -0.4 is 0 Å². The highest BCUT2D eigenvalue weighted by molar-refractivity contribution is 6.12. The van der Waals surface area contributed by atoms with Crippen molar-refractivity contribution < 1.29 is 30.0 Å². The Morgan fingerprint density at radius 2 is 1.44 bits per heavy atom. The summed E-state index contributed by atoms with van der Waals surface area (Å²) >= 11 is 0. The normalized spacial score (nSPS) is 9.44. The van der Waals surface area contributed by atoms with Crippen molar-refractivity contribution >= 4 is 11.9 Å². The SMILES string of the molecule is CC(C)C=C(C(=O)O)C(=O)O.CCC(O)O. The van der Waals surface area contributed by atoms with Crippen LogP contribution in [0, 0.1) is 5.92 Å². The van der Waals surface area contributed by atoms with E-state index < -0.39 is 23.8 Å². The highest BCUT2D eigenvalue weighted by atomic mass is 16.5. The molecule has 0 fully saturated rings. The molecule has 0 spiro atoms. The van der Waals surface area contributed by atoms with E-state index >= 15 is 0 Å². The maximum absolute atomic E-state index is 10.2. The predicted octanol–water partition coefficient (Wildman–Crippen LogP) is 0.445. The minimum absolute atomic E-state index is 0.0720. The molecular weight excluding hydrogens is 216 g/mol. The van der Waals surface area contributed by atoms with Crippen molar-refractivity contribution in [2.24, 2.45) is 5.92 Å². The smallest absolute Gasteiger partial charge is 0.342 e. The molecule has 0 saturated heterocycles. The van der Waals surface area contributed by atoms with Gasteiger partial charge in [-0.15, -0.1) is 0 Å². The van der Waals surface area contributed by atoms with Gasteiger partial charge in [0.25, 0.3) is 0 Å². The largest absolute Gasteiger partial charge is 0.477 e. The number of aliphatic hydroxyl groups excluding tert-OH is 1. The Hall–Kier alpha value is -1.40. The molecule has 0 aliphatic heterocycles. The number of aliphatic hydroxyl groups is 2. The number of allylic oxidation sites excluding steroid dienone is 1. The van der Waals surface area contributed by atoms with Gasteiger partial charge in [-0.05, 0) is 12.3 Å². The average Bonchev–Trinajstić information content (AvgIpc) is 2.14. The van der Waals surface area contributed by atoms with E-state index in [0.717, 1.165) is 0 Å². The van der Waals surface area contributed by atoms with Crippen LogP contribution in [0.5, 0.6) is 0 Å². The van der Waals surface area contributed by atoms with E-state index in [0.29, 0.717) is 6.42 Å². The fraction of sp³-hybridized carbons (Fsp3) is 0.600. The number of hydrogen-bond acceptors (Lipinski definition) is 4. The minimum Gasteiger partial charge on any atom is -0.477 e. The van der Waals surface area contributed by atoms with Crippen LogP contribution in [0.2, 0.25) is 0 Å². The van der Waals surface area contributed by atoms with Gasteiger partial charge in [-0.3, -0.25) is 0 Å². The summed E-state index contributed by atoms with van der Waals surface area (Å²) in [6.07, 6.45) is 0.500. The summed E-state index contributed by atoms with van der Waals surface area (Å²) in [5.41, 5.74) is -0.569. The Labute approximate surface area is 93.8 Å². The Morgan fingerprint density at radius 3 is 1.50 bits per heavy atom.